The van der Waals surface area contributed by atoms with E-state index in [4.69, 9.17) is 19.0 Å². The van der Waals surface area contributed by atoms with Crippen LogP contribution in [0.3, 0.4) is 0 Å². The highest BCUT2D eigenvalue weighted by Crippen LogP contribution is 2.43. The zero-order valence-electron chi connectivity index (χ0n) is 18.8. The number of hydrogen-bond donors (Lipinski definition) is 1. The Bertz CT molecular complexity index is 929. The summed E-state index contributed by atoms with van der Waals surface area (Å²) in [5, 5.41) is 8.83. The minimum absolute atomic E-state index is 0.0104. The highest BCUT2D eigenvalue weighted by molar-refractivity contribution is 5.95. The Kier molecular flexibility index (Phi) is 9.19. The summed E-state index contributed by atoms with van der Waals surface area (Å²) < 4.78 is 55.7. The van der Waals surface area contributed by atoms with Crippen LogP contribution in [-0.2, 0) is 17.4 Å². The van der Waals surface area contributed by atoms with Gasteiger partial charge in [0, 0.05) is 31.5 Å². The number of alkyl halides is 3. The van der Waals surface area contributed by atoms with Gasteiger partial charge >= 0.3 is 12.1 Å². The van der Waals surface area contributed by atoms with Crippen molar-refractivity contribution in [2.45, 2.75) is 45.2 Å². The number of nitrogens with zero attached hydrogens (tertiary/aromatic N) is 1. The van der Waals surface area contributed by atoms with Gasteiger partial charge in [0.25, 0.3) is 5.91 Å². The van der Waals surface area contributed by atoms with Gasteiger partial charge in [-0.15, -0.1) is 0 Å². The molecule has 33 heavy (non-hydrogen) atoms. The molecule has 0 radical (unpaired) electrons. The van der Waals surface area contributed by atoms with Crippen LogP contribution in [0.1, 0.15) is 53.1 Å². The van der Waals surface area contributed by atoms with Crippen molar-refractivity contribution in [3.63, 3.8) is 0 Å². The van der Waals surface area contributed by atoms with Crippen LogP contribution in [0.4, 0.5) is 13.2 Å². The number of halogens is 3. The number of furan rings is 1. The van der Waals surface area contributed by atoms with Gasteiger partial charge in [-0.3, -0.25) is 9.59 Å². The molecule has 2 aromatic rings. The molecule has 0 saturated heterocycles. The third-order valence-corrected chi connectivity index (χ3v) is 5.04. The van der Waals surface area contributed by atoms with Crippen LogP contribution in [0.2, 0.25) is 0 Å². The second-order valence-electron chi connectivity index (χ2n) is 7.51. The van der Waals surface area contributed by atoms with Crippen LogP contribution >= 0.6 is 0 Å². The maximum Gasteiger partial charge on any atom is 0.423 e. The molecular weight excluding hydrogens is 443 g/mol. The topological polar surface area (TPSA) is 89.2 Å². The maximum absolute atomic E-state index is 13.5. The standard InChI is InChI=1S/C23H28F3NO6/c1-15-9-10-17(33-15)7-6-12-27(11-5-4-8-20(28)29)22(30)16-13-18(31-2)21(23(24,25)26)19(14-16)32-3/h9-10,13-14H,4-8,11-12H2,1-3H3,(H,28,29). The van der Waals surface area contributed by atoms with Gasteiger partial charge in [-0.2, -0.15) is 13.2 Å². The molecule has 0 fully saturated rings. The molecule has 0 aliphatic carbocycles. The van der Waals surface area contributed by atoms with Crippen LogP contribution < -0.4 is 9.47 Å². The fraction of sp³-hybridized carbons (Fsp3) is 0.478. The molecule has 1 amide bonds. The number of carbonyl (C=O) groups is 2. The van der Waals surface area contributed by atoms with E-state index < -0.39 is 35.1 Å². The predicted molar refractivity (Wildman–Crippen MR) is 114 cm³/mol. The molecule has 1 N–H and O–H groups in total. The molecule has 10 heteroatoms. The molecule has 0 saturated carbocycles. The van der Waals surface area contributed by atoms with Gasteiger partial charge in [0.2, 0.25) is 0 Å². The van der Waals surface area contributed by atoms with Gasteiger partial charge in [0.05, 0.1) is 14.2 Å². The number of carboxylic acids is 1. The average molecular weight is 471 g/mol. The van der Waals surface area contributed by atoms with E-state index >= 15 is 0 Å². The van der Waals surface area contributed by atoms with Crippen molar-refractivity contribution in [2.24, 2.45) is 0 Å². The fourth-order valence-electron chi connectivity index (χ4n) is 3.45. The van der Waals surface area contributed by atoms with Crippen LogP contribution in [0.5, 0.6) is 11.5 Å². The first kappa shape index (κ1) is 26.1. The minimum Gasteiger partial charge on any atom is -0.496 e. The number of unbranched alkanes of at least 4 members (excludes halogenated alkanes) is 1. The molecular formula is C23H28F3NO6. The van der Waals surface area contributed by atoms with Gasteiger partial charge in [-0.1, -0.05) is 0 Å². The lowest BCUT2D eigenvalue weighted by Gasteiger charge is -2.24. The minimum atomic E-state index is -4.73. The van der Waals surface area contributed by atoms with E-state index in [1.807, 2.05) is 19.1 Å². The molecule has 1 heterocycles. The summed E-state index contributed by atoms with van der Waals surface area (Å²) in [5.41, 5.74) is -1.10. The third-order valence-electron chi connectivity index (χ3n) is 5.04. The zero-order chi connectivity index (χ0) is 24.6. The van der Waals surface area contributed by atoms with Crippen molar-refractivity contribution in [1.29, 1.82) is 0 Å². The number of carbonyl (C=O) groups excluding carboxylic acids is 1. The van der Waals surface area contributed by atoms with Crippen molar-refractivity contribution in [1.82, 2.24) is 4.90 Å². The Labute approximate surface area is 190 Å². The van der Waals surface area contributed by atoms with Gasteiger partial charge in [-0.05, 0) is 50.5 Å². The number of rotatable bonds is 12. The van der Waals surface area contributed by atoms with E-state index in [0.29, 0.717) is 32.2 Å². The number of carboxylic acid groups (broad SMARTS) is 1. The summed E-state index contributed by atoms with van der Waals surface area (Å²) >= 11 is 0. The van der Waals surface area contributed by atoms with E-state index in [-0.39, 0.29) is 18.5 Å². The molecule has 1 aromatic heterocycles. The first-order chi connectivity index (χ1) is 15.6. The Hall–Kier alpha value is -3.17. The summed E-state index contributed by atoms with van der Waals surface area (Å²) in [5.74, 6) is -0.909. The molecule has 7 nitrogen and oxygen atoms in total. The summed E-state index contributed by atoms with van der Waals surface area (Å²) in [6.07, 6.45) is -2.81. The second-order valence-corrected chi connectivity index (χ2v) is 7.51. The number of aryl methyl sites for hydroxylation is 2. The molecule has 0 aliphatic heterocycles. The first-order valence-corrected chi connectivity index (χ1v) is 10.5. The van der Waals surface area contributed by atoms with E-state index in [0.717, 1.165) is 37.9 Å². The van der Waals surface area contributed by atoms with Crippen molar-refractivity contribution in [3.8, 4) is 11.5 Å². The maximum atomic E-state index is 13.5. The number of benzene rings is 1. The van der Waals surface area contributed by atoms with E-state index in [9.17, 15) is 22.8 Å². The average Bonchev–Trinajstić information content (AvgIpc) is 3.17. The Balaban J connectivity index is 2.24. The Morgan fingerprint density at radius 3 is 2.12 bits per heavy atom. The number of amides is 1. The summed E-state index contributed by atoms with van der Waals surface area (Å²) in [6.45, 7) is 2.40. The van der Waals surface area contributed by atoms with Gasteiger partial charge in [0.1, 0.15) is 28.6 Å². The summed E-state index contributed by atoms with van der Waals surface area (Å²) in [4.78, 5) is 25.5. The van der Waals surface area contributed by atoms with Crippen molar-refractivity contribution in [3.05, 3.63) is 46.9 Å². The molecule has 2 rings (SSSR count). The lowest BCUT2D eigenvalue weighted by molar-refractivity contribution is -0.140. The van der Waals surface area contributed by atoms with Crippen LogP contribution in [0.25, 0.3) is 0 Å². The molecule has 0 bridgehead atoms. The molecule has 1 aromatic carbocycles. The smallest absolute Gasteiger partial charge is 0.423 e. The fourth-order valence-corrected chi connectivity index (χ4v) is 3.45. The molecule has 0 unspecified atom stereocenters. The molecule has 0 aliphatic rings. The quantitative estimate of drug-likeness (QED) is 0.441. The molecule has 0 atom stereocenters. The highest BCUT2D eigenvalue weighted by atomic mass is 19.4. The van der Waals surface area contributed by atoms with Gasteiger partial charge in [0.15, 0.2) is 0 Å². The number of ether oxygens (including phenoxy) is 2. The van der Waals surface area contributed by atoms with Gasteiger partial charge < -0.3 is 23.9 Å². The monoisotopic (exact) mass is 471 g/mol. The van der Waals surface area contributed by atoms with Crippen LogP contribution in [0.15, 0.2) is 28.7 Å². The molecule has 0 spiro atoms. The lowest BCUT2D eigenvalue weighted by atomic mass is 10.1. The van der Waals surface area contributed by atoms with Crippen LogP contribution in [-0.4, -0.2) is 49.2 Å². The van der Waals surface area contributed by atoms with Crippen molar-refractivity contribution in [2.75, 3.05) is 27.3 Å². The van der Waals surface area contributed by atoms with Crippen molar-refractivity contribution < 1.29 is 41.8 Å². The largest absolute Gasteiger partial charge is 0.496 e. The number of aliphatic carboxylic acids is 1. The lowest BCUT2D eigenvalue weighted by Crippen LogP contribution is -2.33. The van der Waals surface area contributed by atoms with E-state index in [1.165, 1.54) is 4.90 Å². The van der Waals surface area contributed by atoms with Gasteiger partial charge in [-0.25, -0.2) is 0 Å². The summed E-state index contributed by atoms with van der Waals surface area (Å²) in [6, 6.07) is 5.78. The first-order valence-electron chi connectivity index (χ1n) is 10.5. The highest BCUT2D eigenvalue weighted by Gasteiger charge is 2.39. The van der Waals surface area contributed by atoms with Crippen LogP contribution in [0, 0.1) is 6.92 Å². The summed E-state index contributed by atoms with van der Waals surface area (Å²) in [7, 11) is 2.18. The number of hydrogen-bond acceptors (Lipinski definition) is 5. The zero-order valence-corrected chi connectivity index (χ0v) is 18.8. The predicted octanol–water partition coefficient (Wildman–Crippen LogP) is 4.95. The SMILES string of the molecule is COc1cc(C(=O)N(CCCCC(=O)O)CCCc2ccc(C)o2)cc(OC)c1C(F)(F)F. The van der Waals surface area contributed by atoms with Crippen molar-refractivity contribution >= 4 is 11.9 Å². The Morgan fingerprint density at radius 1 is 1.03 bits per heavy atom. The normalized spacial score (nSPS) is 11.3. The third kappa shape index (κ3) is 7.44. The molecule has 182 valence electrons. The Morgan fingerprint density at radius 2 is 1.64 bits per heavy atom. The number of methoxy groups -OCH3 is 2. The van der Waals surface area contributed by atoms with E-state index in [2.05, 4.69) is 0 Å². The second kappa shape index (κ2) is 11.6. The van der Waals surface area contributed by atoms with E-state index in [1.54, 1.807) is 0 Å².